The maximum Gasteiger partial charge on any atom is 0.168 e. The molecule has 1 saturated heterocycles. The summed E-state index contributed by atoms with van der Waals surface area (Å²) in [4.78, 5) is 12.4. The first-order chi connectivity index (χ1) is 9.84. The third kappa shape index (κ3) is 3.12. The van der Waals surface area contributed by atoms with Crippen molar-refractivity contribution >= 4 is 5.78 Å². The Morgan fingerprint density at radius 2 is 1.70 bits per heavy atom. The molecule has 2 aliphatic rings. The topological polar surface area (TPSA) is 26.3 Å². The van der Waals surface area contributed by atoms with Crippen molar-refractivity contribution in [1.82, 2.24) is 0 Å². The van der Waals surface area contributed by atoms with Gasteiger partial charge in [-0.3, -0.25) is 4.79 Å². The van der Waals surface area contributed by atoms with Crippen LogP contribution in [-0.4, -0.2) is 19.0 Å². The molecule has 108 valence electrons. The van der Waals surface area contributed by atoms with Crippen LogP contribution >= 0.6 is 0 Å². The summed E-state index contributed by atoms with van der Waals surface area (Å²) in [6.07, 6.45) is 8.69. The fourth-order valence-corrected chi connectivity index (χ4v) is 3.54. The molecule has 0 N–H and O–H groups in total. The van der Waals surface area contributed by atoms with Gasteiger partial charge < -0.3 is 4.74 Å². The highest BCUT2D eigenvalue weighted by Crippen LogP contribution is 2.32. The molecule has 1 aliphatic heterocycles. The van der Waals surface area contributed by atoms with E-state index in [0.717, 1.165) is 25.0 Å². The zero-order valence-corrected chi connectivity index (χ0v) is 12.1. The van der Waals surface area contributed by atoms with E-state index >= 15 is 0 Å². The first kappa shape index (κ1) is 13.8. The van der Waals surface area contributed by atoms with Crippen LogP contribution < -0.4 is 0 Å². The van der Waals surface area contributed by atoms with E-state index < -0.39 is 0 Å². The van der Waals surface area contributed by atoms with Crippen LogP contribution in [0.25, 0.3) is 0 Å². The number of benzene rings is 1. The molecule has 0 bridgehead atoms. The van der Waals surface area contributed by atoms with Gasteiger partial charge in [-0.25, -0.2) is 0 Å². The molecule has 3 rings (SSSR count). The van der Waals surface area contributed by atoms with Crippen LogP contribution in [-0.2, 0) is 4.74 Å². The number of carbonyl (C=O) groups is 1. The van der Waals surface area contributed by atoms with Gasteiger partial charge in [-0.05, 0) is 37.2 Å². The van der Waals surface area contributed by atoms with Gasteiger partial charge in [0.2, 0.25) is 0 Å². The third-order valence-corrected chi connectivity index (χ3v) is 4.80. The smallest absolute Gasteiger partial charge is 0.168 e. The van der Waals surface area contributed by atoms with Gasteiger partial charge in [-0.15, -0.1) is 0 Å². The molecule has 0 radical (unpaired) electrons. The van der Waals surface area contributed by atoms with E-state index in [0.29, 0.717) is 12.5 Å². The Bertz CT molecular complexity index is 437. The molecule has 1 aliphatic carbocycles. The molecule has 1 atom stereocenters. The first-order valence-electron chi connectivity index (χ1n) is 8.06. The molecule has 1 saturated carbocycles. The fraction of sp³-hybridized carbons (Fsp3) is 0.611. The maximum absolute atomic E-state index is 12.4. The Morgan fingerprint density at radius 1 is 0.950 bits per heavy atom. The van der Waals surface area contributed by atoms with Gasteiger partial charge >= 0.3 is 0 Å². The number of hydrogen-bond donors (Lipinski definition) is 0. The number of ketones is 1. The van der Waals surface area contributed by atoms with Crippen LogP contribution in [0.5, 0.6) is 0 Å². The Morgan fingerprint density at radius 3 is 2.35 bits per heavy atom. The lowest BCUT2D eigenvalue weighted by molar-refractivity contribution is 0.0461. The Hall–Kier alpha value is -1.15. The first-order valence-corrected chi connectivity index (χ1v) is 8.06. The minimum Gasteiger partial charge on any atom is -0.381 e. The van der Waals surface area contributed by atoms with E-state index in [1.54, 1.807) is 0 Å². The van der Waals surface area contributed by atoms with Gasteiger partial charge in [0.05, 0.1) is 6.61 Å². The van der Waals surface area contributed by atoms with Crippen LogP contribution in [0.3, 0.4) is 0 Å². The highest BCUT2D eigenvalue weighted by molar-refractivity contribution is 5.98. The van der Waals surface area contributed by atoms with Crippen molar-refractivity contribution in [3.05, 3.63) is 35.4 Å². The Kier molecular flexibility index (Phi) is 4.51. The summed E-state index contributed by atoms with van der Waals surface area (Å²) in [7, 11) is 0. The summed E-state index contributed by atoms with van der Waals surface area (Å²) in [6, 6.07) is 8.40. The quantitative estimate of drug-likeness (QED) is 0.765. The maximum atomic E-state index is 12.4. The van der Waals surface area contributed by atoms with Crippen molar-refractivity contribution in [3.8, 4) is 0 Å². The summed E-state index contributed by atoms with van der Waals surface area (Å²) < 4.78 is 5.42. The average molecular weight is 272 g/mol. The van der Waals surface area contributed by atoms with Crippen LogP contribution in [0.4, 0.5) is 0 Å². The number of rotatable bonds is 3. The molecular formula is C18H24O2. The molecule has 2 fully saturated rings. The second kappa shape index (κ2) is 6.53. The predicted molar refractivity (Wildman–Crippen MR) is 80.1 cm³/mol. The van der Waals surface area contributed by atoms with Crippen LogP contribution in [0, 0.1) is 5.92 Å². The van der Waals surface area contributed by atoms with Gasteiger partial charge in [0.25, 0.3) is 0 Å². The van der Waals surface area contributed by atoms with Crippen molar-refractivity contribution in [1.29, 1.82) is 0 Å². The van der Waals surface area contributed by atoms with Gasteiger partial charge in [-0.2, -0.15) is 0 Å². The highest BCUT2D eigenvalue weighted by atomic mass is 16.5. The van der Waals surface area contributed by atoms with Crippen molar-refractivity contribution in [2.75, 3.05) is 13.2 Å². The summed E-state index contributed by atoms with van der Waals surface area (Å²) in [6.45, 7) is 1.41. The van der Waals surface area contributed by atoms with Crippen molar-refractivity contribution < 1.29 is 9.53 Å². The lowest BCUT2D eigenvalue weighted by Crippen LogP contribution is -2.25. The summed E-state index contributed by atoms with van der Waals surface area (Å²) in [5.41, 5.74) is 2.28. The summed E-state index contributed by atoms with van der Waals surface area (Å²) in [5, 5.41) is 0. The van der Waals surface area contributed by atoms with E-state index in [1.165, 1.54) is 37.7 Å². The number of hydrogen-bond acceptors (Lipinski definition) is 2. The second-order valence-electron chi connectivity index (χ2n) is 6.24. The normalized spacial score (nSPS) is 24.5. The third-order valence-electron chi connectivity index (χ3n) is 4.80. The largest absolute Gasteiger partial charge is 0.381 e. The number of carbonyl (C=O) groups excluding carboxylic acids is 1. The molecule has 1 heterocycles. The molecular weight excluding hydrogens is 248 g/mol. The Balaban J connectivity index is 1.67. The average Bonchev–Trinajstić information content (AvgIpc) is 2.56. The Labute approximate surface area is 121 Å². The standard InChI is InChI=1S/C18H24O2/c19-18(17-7-4-12-20-13-17)16-10-8-15(9-11-16)14-5-2-1-3-6-14/h8-11,14,17H,1-7,12-13H2. The van der Waals surface area contributed by atoms with Gasteiger partial charge in [-0.1, -0.05) is 43.5 Å². The number of Topliss-reactive ketones (excluding diaryl/α,β-unsaturated/α-hetero) is 1. The highest BCUT2D eigenvalue weighted by Gasteiger charge is 2.23. The zero-order valence-electron chi connectivity index (χ0n) is 12.1. The minimum atomic E-state index is 0.0734. The second-order valence-corrected chi connectivity index (χ2v) is 6.24. The summed E-state index contributed by atoms with van der Waals surface area (Å²) in [5.74, 6) is 1.05. The molecule has 2 nitrogen and oxygen atoms in total. The minimum absolute atomic E-state index is 0.0734. The molecule has 1 aromatic carbocycles. The molecule has 1 aromatic rings. The van der Waals surface area contributed by atoms with Gasteiger partial charge in [0, 0.05) is 18.1 Å². The lowest BCUT2D eigenvalue weighted by atomic mass is 9.83. The lowest BCUT2D eigenvalue weighted by Gasteiger charge is -2.23. The van der Waals surface area contributed by atoms with Crippen LogP contribution in [0.2, 0.25) is 0 Å². The molecule has 0 aromatic heterocycles. The van der Waals surface area contributed by atoms with Gasteiger partial charge in [0.15, 0.2) is 5.78 Å². The molecule has 1 unspecified atom stereocenters. The summed E-state index contributed by atoms with van der Waals surface area (Å²) >= 11 is 0. The predicted octanol–water partition coefficient (Wildman–Crippen LogP) is 4.34. The van der Waals surface area contributed by atoms with Crippen molar-refractivity contribution in [2.24, 2.45) is 5.92 Å². The van der Waals surface area contributed by atoms with Crippen LogP contribution in [0.1, 0.15) is 66.8 Å². The van der Waals surface area contributed by atoms with E-state index in [9.17, 15) is 4.79 Å². The molecule has 0 spiro atoms. The van der Waals surface area contributed by atoms with Gasteiger partial charge in [0.1, 0.15) is 0 Å². The van der Waals surface area contributed by atoms with E-state index in [2.05, 4.69) is 12.1 Å². The zero-order chi connectivity index (χ0) is 13.8. The van der Waals surface area contributed by atoms with Crippen LogP contribution in [0.15, 0.2) is 24.3 Å². The van der Waals surface area contributed by atoms with E-state index in [4.69, 9.17) is 4.74 Å². The monoisotopic (exact) mass is 272 g/mol. The fourth-order valence-electron chi connectivity index (χ4n) is 3.54. The number of ether oxygens (including phenoxy) is 1. The van der Waals surface area contributed by atoms with E-state index in [-0.39, 0.29) is 11.7 Å². The SMILES string of the molecule is O=C(c1ccc(C2CCCCC2)cc1)C1CCCOC1. The molecule has 0 amide bonds. The van der Waals surface area contributed by atoms with E-state index in [1.807, 2.05) is 12.1 Å². The van der Waals surface area contributed by atoms with Crippen molar-refractivity contribution in [3.63, 3.8) is 0 Å². The van der Waals surface area contributed by atoms with Crippen molar-refractivity contribution in [2.45, 2.75) is 50.9 Å². The molecule has 2 heteroatoms. The molecule has 20 heavy (non-hydrogen) atoms.